The number of ether oxygens (including phenoxy) is 1. The van der Waals surface area contributed by atoms with E-state index in [1.165, 1.54) is 0 Å². The van der Waals surface area contributed by atoms with Crippen LogP contribution in [-0.2, 0) is 14.3 Å². The summed E-state index contributed by atoms with van der Waals surface area (Å²) in [6.07, 6.45) is -0.443. The third-order valence-corrected chi connectivity index (χ3v) is 5.07. The van der Waals surface area contributed by atoms with Crippen molar-refractivity contribution in [2.24, 2.45) is 0 Å². The Morgan fingerprint density at radius 1 is 0.677 bits per heavy atom. The Balaban J connectivity index is 1.40. The molecular weight excluding hydrogens is 386 g/mol. The van der Waals surface area contributed by atoms with E-state index in [0.717, 1.165) is 27.6 Å². The van der Waals surface area contributed by atoms with Crippen LogP contribution < -0.4 is 5.32 Å². The topological polar surface area (TPSA) is 55.4 Å². The van der Waals surface area contributed by atoms with Gasteiger partial charge in [-0.1, -0.05) is 97.1 Å². The van der Waals surface area contributed by atoms with Crippen LogP contribution in [0.25, 0.3) is 10.8 Å². The van der Waals surface area contributed by atoms with Crippen LogP contribution in [0.2, 0.25) is 0 Å². The number of carbonyl (C=O) groups excluding carboxylic acids is 2. The maximum Gasteiger partial charge on any atom is 0.307 e. The Morgan fingerprint density at radius 2 is 1.26 bits per heavy atom. The Bertz CT molecular complexity index is 1130. The van der Waals surface area contributed by atoms with Crippen LogP contribution in [0.4, 0.5) is 5.69 Å². The fraction of sp³-hybridized carbons (Fsp3) is 0.111. The smallest absolute Gasteiger partial charge is 0.307 e. The fourth-order valence-electron chi connectivity index (χ4n) is 3.54. The van der Waals surface area contributed by atoms with Gasteiger partial charge < -0.3 is 10.1 Å². The lowest BCUT2D eigenvalue weighted by Crippen LogP contribution is -2.17. The van der Waals surface area contributed by atoms with Gasteiger partial charge in [0.05, 0.1) is 6.42 Å². The molecule has 4 aromatic rings. The molecule has 0 saturated carbocycles. The van der Waals surface area contributed by atoms with Gasteiger partial charge in [0.2, 0.25) is 5.91 Å². The number of carbonyl (C=O) groups is 2. The van der Waals surface area contributed by atoms with E-state index in [1.54, 1.807) is 0 Å². The minimum atomic E-state index is -0.504. The van der Waals surface area contributed by atoms with Gasteiger partial charge in [0.1, 0.15) is 0 Å². The highest BCUT2D eigenvalue weighted by Crippen LogP contribution is 2.27. The van der Waals surface area contributed by atoms with E-state index in [1.807, 2.05) is 103 Å². The number of rotatable bonds is 7. The number of anilines is 1. The summed E-state index contributed by atoms with van der Waals surface area (Å²) in [6.45, 7) is 0. The SMILES string of the molecule is O=C(CCC(=O)OC(c1ccccc1)c1ccccc1)Nc1cccc2ccccc12. The maximum atomic E-state index is 12.6. The molecule has 4 aromatic carbocycles. The summed E-state index contributed by atoms with van der Waals surface area (Å²) in [7, 11) is 0. The predicted octanol–water partition coefficient (Wildman–Crippen LogP) is 5.89. The van der Waals surface area contributed by atoms with Crippen molar-refractivity contribution < 1.29 is 14.3 Å². The molecule has 0 saturated heterocycles. The van der Waals surface area contributed by atoms with Gasteiger partial charge in [-0.25, -0.2) is 0 Å². The number of benzene rings is 4. The molecule has 0 unspecified atom stereocenters. The van der Waals surface area contributed by atoms with Crippen LogP contribution in [0.15, 0.2) is 103 Å². The molecule has 1 amide bonds. The molecule has 0 heterocycles. The lowest BCUT2D eigenvalue weighted by Gasteiger charge is -2.19. The Hall–Kier alpha value is -3.92. The summed E-state index contributed by atoms with van der Waals surface area (Å²) >= 11 is 0. The van der Waals surface area contributed by atoms with Gasteiger partial charge in [-0.05, 0) is 22.6 Å². The molecular formula is C27H23NO3. The minimum absolute atomic E-state index is 0.00671. The van der Waals surface area contributed by atoms with Crippen LogP contribution in [0.5, 0.6) is 0 Å². The predicted molar refractivity (Wildman–Crippen MR) is 123 cm³/mol. The summed E-state index contributed by atoms with van der Waals surface area (Å²) in [5, 5.41) is 4.93. The van der Waals surface area contributed by atoms with Crippen LogP contribution in [0.3, 0.4) is 0 Å². The van der Waals surface area contributed by atoms with Crippen molar-refractivity contribution in [3.8, 4) is 0 Å². The number of hydrogen-bond donors (Lipinski definition) is 1. The molecule has 0 fully saturated rings. The zero-order chi connectivity index (χ0) is 21.5. The highest BCUT2D eigenvalue weighted by Gasteiger charge is 2.19. The van der Waals surface area contributed by atoms with Crippen molar-refractivity contribution in [3.05, 3.63) is 114 Å². The third-order valence-electron chi connectivity index (χ3n) is 5.07. The van der Waals surface area contributed by atoms with E-state index in [4.69, 9.17) is 4.74 Å². The molecule has 0 aromatic heterocycles. The Labute approximate surface area is 181 Å². The summed E-state index contributed by atoms with van der Waals surface area (Å²) in [5.74, 6) is -0.630. The van der Waals surface area contributed by atoms with Gasteiger partial charge in [0, 0.05) is 17.5 Å². The van der Waals surface area contributed by atoms with Gasteiger partial charge in [-0.2, -0.15) is 0 Å². The number of hydrogen-bond acceptors (Lipinski definition) is 3. The van der Waals surface area contributed by atoms with E-state index < -0.39 is 12.1 Å². The fourth-order valence-corrected chi connectivity index (χ4v) is 3.54. The van der Waals surface area contributed by atoms with E-state index in [2.05, 4.69) is 5.32 Å². The first kappa shape index (κ1) is 20.4. The minimum Gasteiger partial charge on any atom is -0.453 e. The molecule has 154 valence electrons. The van der Waals surface area contributed by atoms with Crippen LogP contribution >= 0.6 is 0 Å². The standard InChI is InChI=1S/C27H23NO3/c29-25(28-24-17-9-15-20-10-7-8-16-23(20)24)18-19-26(30)31-27(21-11-3-1-4-12-21)22-13-5-2-6-14-22/h1-17,27H,18-19H2,(H,28,29). The van der Waals surface area contributed by atoms with E-state index in [9.17, 15) is 9.59 Å². The molecule has 0 aliphatic rings. The molecule has 4 heteroatoms. The average Bonchev–Trinajstić information content (AvgIpc) is 2.82. The van der Waals surface area contributed by atoms with E-state index >= 15 is 0 Å². The van der Waals surface area contributed by atoms with Crippen molar-refractivity contribution in [2.75, 3.05) is 5.32 Å². The van der Waals surface area contributed by atoms with E-state index in [-0.39, 0.29) is 18.7 Å². The van der Waals surface area contributed by atoms with Crippen molar-refractivity contribution in [2.45, 2.75) is 18.9 Å². The molecule has 0 bridgehead atoms. The van der Waals surface area contributed by atoms with Gasteiger partial charge in [0.15, 0.2) is 6.10 Å². The Morgan fingerprint density at radius 3 is 1.94 bits per heavy atom. The van der Waals surface area contributed by atoms with Gasteiger partial charge >= 0.3 is 5.97 Å². The molecule has 0 radical (unpaired) electrons. The Kier molecular flexibility index (Phi) is 6.38. The molecule has 31 heavy (non-hydrogen) atoms. The number of amides is 1. The molecule has 0 atom stereocenters. The van der Waals surface area contributed by atoms with Gasteiger partial charge in [-0.3, -0.25) is 9.59 Å². The number of esters is 1. The van der Waals surface area contributed by atoms with Crippen molar-refractivity contribution in [1.29, 1.82) is 0 Å². The highest BCUT2D eigenvalue weighted by atomic mass is 16.5. The third kappa shape index (κ3) is 5.17. The summed E-state index contributed by atoms with van der Waals surface area (Å²) < 4.78 is 5.77. The first-order valence-corrected chi connectivity index (χ1v) is 10.3. The van der Waals surface area contributed by atoms with E-state index in [0.29, 0.717) is 0 Å². The second kappa shape index (κ2) is 9.72. The first-order valence-electron chi connectivity index (χ1n) is 10.3. The summed E-state index contributed by atoms with van der Waals surface area (Å²) in [5.41, 5.74) is 2.52. The zero-order valence-corrected chi connectivity index (χ0v) is 17.0. The lowest BCUT2D eigenvalue weighted by molar-refractivity contribution is -0.148. The second-order valence-electron chi connectivity index (χ2n) is 7.27. The van der Waals surface area contributed by atoms with Crippen LogP contribution in [0.1, 0.15) is 30.1 Å². The molecule has 4 rings (SSSR count). The largest absolute Gasteiger partial charge is 0.453 e. The van der Waals surface area contributed by atoms with Crippen LogP contribution in [0, 0.1) is 0 Å². The molecule has 0 aliphatic heterocycles. The first-order chi connectivity index (χ1) is 15.2. The molecule has 4 nitrogen and oxygen atoms in total. The van der Waals surface area contributed by atoms with Gasteiger partial charge in [0.25, 0.3) is 0 Å². The second-order valence-corrected chi connectivity index (χ2v) is 7.27. The van der Waals surface area contributed by atoms with Crippen molar-refractivity contribution in [3.63, 3.8) is 0 Å². The average molecular weight is 409 g/mol. The number of fused-ring (bicyclic) bond motifs is 1. The quantitative estimate of drug-likeness (QED) is 0.387. The lowest BCUT2D eigenvalue weighted by atomic mass is 10.0. The highest BCUT2D eigenvalue weighted by molar-refractivity contribution is 6.02. The number of nitrogens with one attached hydrogen (secondary N) is 1. The van der Waals surface area contributed by atoms with Crippen molar-refractivity contribution in [1.82, 2.24) is 0 Å². The molecule has 1 N–H and O–H groups in total. The summed E-state index contributed by atoms with van der Waals surface area (Å²) in [6, 6.07) is 32.8. The van der Waals surface area contributed by atoms with Gasteiger partial charge in [-0.15, -0.1) is 0 Å². The maximum absolute atomic E-state index is 12.6. The zero-order valence-electron chi connectivity index (χ0n) is 17.0. The normalized spacial score (nSPS) is 10.7. The van der Waals surface area contributed by atoms with Crippen LogP contribution in [-0.4, -0.2) is 11.9 Å². The molecule has 0 aliphatic carbocycles. The molecule has 0 spiro atoms. The monoisotopic (exact) mass is 409 g/mol. The van der Waals surface area contributed by atoms with Crippen molar-refractivity contribution >= 4 is 28.3 Å². The summed E-state index contributed by atoms with van der Waals surface area (Å²) in [4.78, 5) is 25.0.